The molecule has 21 heavy (non-hydrogen) atoms. The lowest BCUT2D eigenvalue weighted by Gasteiger charge is -2.22. The van der Waals surface area contributed by atoms with Gasteiger partial charge in [0.05, 0.1) is 59.5 Å². The van der Waals surface area contributed by atoms with Crippen LogP contribution < -0.4 is 0 Å². The predicted molar refractivity (Wildman–Crippen MR) is 69.9 cm³/mol. The van der Waals surface area contributed by atoms with Crippen molar-refractivity contribution in [2.45, 2.75) is 24.6 Å². The Morgan fingerprint density at radius 2 is 1.38 bits per heavy atom. The average molecular weight is 308 g/mol. The zero-order chi connectivity index (χ0) is 14.9. The summed E-state index contributed by atoms with van der Waals surface area (Å²) >= 11 is 0. The van der Waals surface area contributed by atoms with Crippen molar-refractivity contribution in [3.63, 3.8) is 0 Å². The predicted octanol–water partition coefficient (Wildman–Crippen LogP) is -1.47. The summed E-state index contributed by atoms with van der Waals surface area (Å²) in [6.45, 7) is 3.47. The van der Waals surface area contributed by atoms with Gasteiger partial charge in [-0.15, -0.1) is 0 Å². The molecule has 0 bridgehead atoms. The van der Waals surface area contributed by atoms with E-state index in [0.29, 0.717) is 26.4 Å². The number of epoxide rings is 2. The summed E-state index contributed by atoms with van der Waals surface area (Å²) in [5.74, 6) is 0. The molecule has 2 N–H and O–H groups in total. The Hall–Kier alpha value is -0.320. The first-order valence-electron chi connectivity index (χ1n) is 7.20. The van der Waals surface area contributed by atoms with E-state index < -0.39 is 19.0 Å². The molecule has 0 spiro atoms. The van der Waals surface area contributed by atoms with E-state index in [9.17, 15) is 5.11 Å². The van der Waals surface area contributed by atoms with Crippen molar-refractivity contribution in [1.82, 2.24) is 0 Å². The zero-order valence-electron chi connectivity index (χ0n) is 12.0. The van der Waals surface area contributed by atoms with E-state index in [1.165, 1.54) is 0 Å². The van der Waals surface area contributed by atoms with E-state index in [-0.39, 0.29) is 25.4 Å². The van der Waals surface area contributed by atoms with Crippen LogP contribution in [-0.2, 0) is 28.4 Å². The van der Waals surface area contributed by atoms with Crippen molar-refractivity contribution in [3.8, 4) is 0 Å². The summed E-state index contributed by atoms with van der Waals surface area (Å²) in [6, 6.07) is 0. The number of rotatable bonds is 14. The highest BCUT2D eigenvalue weighted by atomic mass is 16.7. The van der Waals surface area contributed by atoms with Gasteiger partial charge in [-0.05, 0) is 0 Å². The monoisotopic (exact) mass is 308 g/mol. The van der Waals surface area contributed by atoms with Gasteiger partial charge in [0.15, 0.2) is 6.29 Å². The molecular weight excluding hydrogens is 284 g/mol. The number of aliphatic hydroxyl groups excluding tert-OH is 2. The second-order valence-electron chi connectivity index (χ2n) is 4.92. The van der Waals surface area contributed by atoms with E-state index in [1.807, 2.05) is 0 Å². The molecule has 0 amide bonds. The summed E-state index contributed by atoms with van der Waals surface area (Å²) in [5, 5.41) is 18.6. The number of ether oxygens (including phenoxy) is 6. The maximum absolute atomic E-state index is 9.61. The van der Waals surface area contributed by atoms with Crippen molar-refractivity contribution in [3.05, 3.63) is 0 Å². The van der Waals surface area contributed by atoms with Gasteiger partial charge in [0.1, 0.15) is 18.3 Å². The topological polar surface area (TPSA) is 102 Å². The molecule has 0 saturated carbocycles. The lowest BCUT2D eigenvalue weighted by atomic mass is 10.3. The van der Waals surface area contributed by atoms with E-state index in [1.54, 1.807) is 0 Å². The Balaban J connectivity index is 1.48. The molecule has 8 heteroatoms. The standard InChI is InChI=1S/C13H24O8/c14-5-12(15)13(18-3-1-16-6-10-8-20-10)19-4-2-17-7-11-9-21-11/h10-15H,1-9H2. The molecule has 2 aliphatic heterocycles. The van der Waals surface area contributed by atoms with Crippen LogP contribution in [0, 0.1) is 0 Å². The summed E-state index contributed by atoms with van der Waals surface area (Å²) in [6.07, 6.45) is -1.56. The van der Waals surface area contributed by atoms with Gasteiger partial charge in [0, 0.05) is 0 Å². The minimum atomic E-state index is -1.09. The Morgan fingerprint density at radius 3 is 1.76 bits per heavy atom. The van der Waals surface area contributed by atoms with Gasteiger partial charge in [-0.1, -0.05) is 0 Å². The highest BCUT2D eigenvalue weighted by Crippen LogP contribution is 2.09. The van der Waals surface area contributed by atoms with Crippen LogP contribution in [0.25, 0.3) is 0 Å². The zero-order valence-corrected chi connectivity index (χ0v) is 12.0. The molecule has 124 valence electrons. The van der Waals surface area contributed by atoms with E-state index >= 15 is 0 Å². The molecule has 2 aliphatic rings. The van der Waals surface area contributed by atoms with Gasteiger partial charge in [-0.2, -0.15) is 0 Å². The smallest absolute Gasteiger partial charge is 0.185 e. The van der Waals surface area contributed by atoms with E-state index in [2.05, 4.69) is 0 Å². The van der Waals surface area contributed by atoms with Crippen molar-refractivity contribution >= 4 is 0 Å². The minimum absolute atomic E-state index is 0.215. The van der Waals surface area contributed by atoms with E-state index in [0.717, 1.165) is 13.2 Å². The summed E-state index contributed by atoms with van der Waals surface area (Å²) in [7, 11) is 0. The number of aliphatic hydroxyl groups is 2. The van der Waals surface area contributed by atoms with Crippen LogP contribution in [0.5, 0.6) is 0 Å². The van der Waals surface area contributed by atoms with Crippen molar-refractivity contribution < 1.29 is 38.6 Å². The molecule has 3 unspecified atom stereocenters. The maximum Gasteiger partial charge on any atom is 0.185 e. The molecule has 2 rings (SSSR count). The SMILES string of the molecule is OCC(O)C(OCCOCC1CO1)OCCOCC1CO1. The molecule has 0 aliphatic carbocycles. The van der Waals surface area contributed by atoms with Crippen LogP contribution in [0.15, 0.2) is 0 Å². The minimum Gasteiger partial charge on any atom is -0.393 e. The van der Waals surface area contributed by atoms with Crippen molar-refractivity contribution in [1.29, 1.82) is 0 Å². The average Bonchev–Trinajstić information content (AvgIpc) is 3.37. The third kappa shape index (κ3) is 8.03. The molecule has 2 fully saturated rings. The second-order valence-corrected chi connectivity index (χ2v) is 4.92. The second kappa shape index (κ2) is 9.65. The first-order chi connectivity index (χ1) is 10.3. The van der Waals surface area contributed by atoms with Gasteiger partial charge in [0.25, 0.3) is 0 Å². The van der Waals surface area contributed by atoms with Crippen LogP contribution in [0.2, 0.25) is 0 Å². The molecule has 2 heterocycles. The maximum atomic E-state index is 9.61. The largest absolute Gasteiger partial charge is 0.393 e. The van der Waals surface area contributed by atoms with Crippen LogP contribution in [0.3, 0.4) is 0 Å². The van der Waals surface area contributed by atoms with Gasteiger partial charge < -0.3 is 38.6 Å². The lowest BCUT2D eigenvalue weighted by Crippen LogP contribution is -2.36. The van der Waals surface area contributed by atoms with E-state index in [4.69, 9.17) is 33.5 Å². The van der Waals surface area contributed by atoms with Crippen molar-refractivity contribution in [2.24, 2.45) is 0 Å². The fourth-order valence-electron chi connectivity index (χ4n) is 1.56. The normalized spacial score (nSPS) is 26.6. The van der Waals surface area contributed by atoms with Gasteiger partial charge in [-0.25, -0.2) is 0 Å². The molecule has 2 saturated heterocycles. The van der Waals surface area contributed by atoms with Crippen LogP contribution >= 0.6 is 0 Å². The van der Waals surface area contributed by atoms with Crippen LogP contribution in [0.1, 0.15) is 0 Å². The Labute approximate surface area is 123 Å². The summed E-state index contributed by atoms with van der Waals surface area (Å²) in [5.41, 5.74) is 0. The molecule has 0 radical (unpaired) electrons. The van der Waals surface area contributed by atoms with Gasteiger partial charge in [0.2, 0.25) is 0 Å². The first-order valence-corrected chi connectivity index (χ1v) is 7.20. The Bertz CT molecular complexity index is 247. The van der Waals surface area contributed by atoms with Crippen LogP contribution in [0.4, 0.5) is 0 Å². The van der Waals surface area contributed by atoms with Crippen LogP contribution in [-0.4, -0.2) is 94.3 Å². The Kier molecular flexibility index (Phi) is 7.83. The third-order valence-electron chi connectivity index (χ3n) is 2.93. The molecule has 0 aromatic rings. The quantitative estimate of drug-likeness (QED) is 0.228. The third-order valence-corrected chi connectivity index (χ3v) is 2.93. The summed E-state index contributed by atoms with van der Waals surface area (Å²) in [4.78, 5) is 0. The van der Waals surface area contributed by atoms with Gasteiger partial charge >= 0.3 is 0 Å². The fraction of sp³-hybridized carbons (Fsp3) is 1.00. The lowest BCUT2D eigenvalue weighted by molar-refractivity contribution is -0.210. The number of hydrogen-bond donors (Lipinski definition) is 2. The first kappa shape index (κ1) is 17.0. The molecule has 0 aromatic heterocycles. The highest BCUT2D eigenvalue weighted by Gasteiger charge is 2.24. The molecule has 0 aromatic carbocycles. The summed E-state index contributed by atoms with van der Waals surface area (Å²) < 4.78 is 31.3. The van der Waals surface area contributed by atoms with Gasteiger partial charge in [-0.3, -0.25) is 0 Å². The Morgan fingerprint density at radius 1 is 0.905 bits per heavy atom. The number of hydrogen-bond acceptors (Lipinski definition) is 8. The molecule has 3 atom stereocenters. The molecular formula is C13H24O8. The molecule has 8 nitrogen and oxygen atoms in total. The van der Waals surface area contributed by atoms with Crippen molar-refractivity contribution in [2.75, 3.05) is 59.5 Å². The fourth-order valence-corrected chi connectivity index (χ4v) is 1.56. The highest BCUT2D eigenvalue weighted by molar-refractivity contribution is 4.67.